The van der Waals surface area contributed by atoms with E-state index in [2.05, 4.69) is 13.0 Å². The molecule has 0 saturated carbocycles. The number of rotatable bonds is 8. The fourth-order valence-electron chi connectivity index (χ4n) is 1.92. The molecular weight excluding hydrogens is 268 g/mol. The van der Waals surface area contributed by atoms with Crippen LogP contribution in [0.1, 0.15) is 24.7 Å². The van der Waals surface area contributed by atoms with Crippen LogP contribution in [0.5, 0.6) is 5.75 Å². The number of aryl methyl sites for hydroxylation is 2. The Labute approximate surface area is 124 Å². The molecule has 1 aromatic carbocycles. The van der Waals surface area contributed by atoms with Crippen LogP contribution in [0.4, 0.5) is 0 Å². The summed E-state index contributed by atoms with van der Waals surface area (Å²) in [6.45, 7) is 2.72. The molecule has 0 aliphatic carbocycles. The van der Waals surface area contributed by atoms with Gasteiger partial charge in [0, 0.05) is 6.42 Å². The zero-order valence-electron chi connectivity index (χ0n) is 12.2. The van der Waals surface area contributed by atoms with E-state index >= 15 is 0 Å². The van der Waals surface area contributed by atoms with E-state index in [9.17, 15) is 4.79 Å². The summed E-state index contributed by atoms with van der Waals surface area (Å²) in [6, 6.07) is 11.6. The molecule has 0 amide bonds. The molecule has 0 bridgehead atoms. The van der Waals surface area contributed by atoms with Crippen molar-refractivity contribution in [3.05, 3.63) is 54.0 Å². The lowest BCUT2D eigenvalue weighted by Crippen LogP contribution is -2.12. The summed E-state index contributed by atoms with van der Waals surface area (Å²) in [5.74, 6) is 1.36. The van der Waals surface area contributed by atoms with Crippen LogP contribution < -0.4 is 4.74 Å². The van der Waals surface area contributed by atoms with Gasteiger partial charge in [0.15, 0.2) is 0 Å². The summed E-state index contributed by atoms with van der Waals surface area (Å²) in [7, 11) is 0. The quantitative estimate of drug-likeness (QED) is 0.552. The third-order valence-electron chi connectivity index (χ3n) is 3.08. The van der Waals surface area contributed by atoms with Gasteiger partial charge in [0.25, 0.3) is 0 Å². The number of benzene rings is 1. The second-order valence-corrected chi connectivity index (χ2v) is 4.65. The van der Waals surface area contributed by atoms with Crippen LogP contribution in [-0.4, -0.2) is 19.2 Å². The van der Waals surface area contributed by atoms with Crippen molar-refractivity contribution in [2.75, 3.05) is 13.2 Å². The maximum absolute atomic E-state index is 11.5. The molecular formula is C17H20O4. The van der Waals surface area contributed by atoms with E-state index in [0.717, 1.165) is 17.9 Å². The molecule has 0 fully saturated rings. The van der Waals surface area contributed by atoms with Crippen molar-refractivity contribution in [3.8, 4) is 5.75 Å². The number of furan rings is 1. The summed E-state index contributed by atoms with van der Waals surface area (Å²) in [6.07, 6.45) is 3.45. The minimum Gasteiger partial charge on any atom is -0.490 e. The van der Waals surface area contributed by atoms with Gasteiger partial charge in [0.05, 0.1) is 12.7 Å². The van der Waals surface area contributed by atoms with E-state index in [0.29, 0.717) is 19.4 Å². The van der Waals surface area contributed by atoms with Gasteiger partial charge in [-0.25, -0.2) is 0 Å². The Kier molecular flexibility index (Phi) is 5.88. The zero-order chi connectivity index (χ0) is 14.9. The van der Waals surface area contributed by atoms with Crippen molar-refractivity contribution in [3.63, 3.8) is 0 Å². The molecule has 0 spiro atoms. The van der Waals surface area contributed by atoms with Gasteiger partial charge >= 0.3 is 5.97 Å². The third kappa shape index (κ3) is 5.34. The van der Waals surface area contributed by atoms with Crippen LogP contribution in [0.2, 0.25) is 0 Å². The highest BCUT2D eigenvalue weighted by atomic mass is 16.6. The molecule has 0 atom stereocenters. The molecule has 0 N–H and O–H groups in total. The highest BCUT2D eigenvalue weighted by molar-refractivity contribution is 5.69. The average molecular weight is 288 g/mol. The number of hydrogen-bond acceptors (Lipinski definition) is 4. The zero-order valence-corrected chi connectivity index (χ0v) is 12.2. The van der Waals surface area contributed by atoms with E-state index in [1.54, 1.807) is 12.3 Å². The molecule has 1 heterocycles. The predicted octanol–water partition coefficient (Wildman–Crippen LogP) is 3.40. The van der Waals surface area contributed by atoms with Gasteiger partial charge in [0.1, 0.15) is 24.7 Å². The van der Waals surface area contributed by atoms with Crippen molar-refractivity contribution in [1.29, 1.82) is 0 Å². The molecule has 4 nitrogen and oxygen atoms in total. The molecule has 0 radical (unpaired) electrons. The molecule has 0 saturated heterocycles. The van der Waals surface area contributed by atoms with Gasteiger partial charge in [-0.2, -0.15) is 0 Å². The van der Waals surface area contributed by atoms with Gasteiger partial charge in [-0.3, -0.25) is 4.79 Å². The normalized spacial score (nSPS) is 10.3. The van der Waals surface area contributed by atoms with Gasteiger partial charge in [-0.05, 0) is 36.2 Å². The van der Waals surface area contributed by atoms with Gasteiger partial charge < -0.3 is 13.9 Å². The van der Waals surface area contributed by atoms with Crippen molar-refractivity contribution >= 4 is 5.97 Å². The van der Waals surface area contributed by atoms with Crippen molar-refractivity contribution in [1.82, 2.24) is 0 Å². The third-order valence-corrected chi connectivity index (χ3v) is 3.08. The average Bonchev–Trinajstić information content (AvgIpc) is 3.03. The van der Waals surface area contributed by atoms with E-state index in [-0.39, 0.29) is 12.6 Å². The van der Waals surface area contributed by atoms with Crippen LogP contribution in [0, 0.1) is 0 Å². The predicted molar refractivity (Wildman–Crippen MR) is 79.3 cm³/mol. The highest BCUT2D eigenvalue weighted by Gasteiger charge is 2.05. The van der Waals surface area contributed by atoms with E-state index < -0.39 is 0 Å². The van der Waals surface area contributed by atoms with E-state index in [4.69, 9.17) is 13.9 Å². The lowest BCUT2D eigenvalue weighted by atomic mass is 10.2. The standard InChI is InChI=1S/C17H20O4/c1-2-14-5-3-6-16(13-14)20-11-12-21-17(18)9-8-15-7-4-10-19-15/h3-7,10,13H,2,8-9,11-12H2,1H3. The summed E-state index contributed by atoms with van der Waals surface area (Å²) >= 11 is 0. The van der Waals surface area contributed by atoms with Gasteiger partial charge in [0.2, 0.25) is 0 Å². The van der Waals surface area contributed by atoms with Crippen LogP contribution >= 0.6 is 0 Å². The smallest absolute Gasteiger partial charge is 0.306 e. The van der Waals surface area contributed by atoms with Crippen molar-refractivity contribution in [2.24, 2.45) is 0 Å². The van der Waals surface area contributed by atoms with E-state index in [1.165, 1.54) is 5.56 Å². The lowest BCUT2D eigenvalue weighted by molar-refractivity contribution is -0.144. The Morgan fingerprint density at radius 2 is 2.10 bits per heavy atom. The summed E-state index contributed by atoms with van der Waals surface area (Å²) in [5.41, 5.74) is 1.22. The van der Waals surface area contributed by atoms with E-state index in [1.807, 2.05) is 24.3 Å². The lowest BCUT2D eigenvalue weighted by Gasteiger charge is -2.08. The van der Waals surface area contributed by atoms with Crippen LogP contribution in [-0.2, 0) is 22.4 Å². The summed E-state index contributed by atoms with van der Waals surface area (Å²) < 4.78 is 15.8. The number of carbonyl (C=O) groups excluding carboxylic acids is 1. The Hall–Kier alpha value is -2.23. The maximum atomic E-state index is 11.5. The first-order valence-electron chi connectivity index (χ1n) is 7.17. The number of hydrogen-bond donors (Lipinski definition) is 0. The van der Waals surface area contributed by atoms with Crippen LogP contribution in [0.25, 0.3) is 0 Å². The molecule has 0 aliphatic rings. The fraction of sp³-hybridized carbons (Fsp3) is 0.353. The summed E-state index contributed by atoms with van der Waals surface area (Å²) in [4.78, 5) is 11.5. The summed E-state index contributed by atoms with van der Waals surface area (Å²) in [5, 5.41) is 0. The first kappa shape index (κ1) is 15.2. The SMILES string of the molecule is CCc1cccc(OCCOC(=O)CCc2ccco2)c1. The molecule has 2 rings (SSSR count). The molecule has 0 unspecified atom stereocenters. The second kappa shape index (κ2) is 8.15. The minimum absolute atomic E-state index is 0.239. The van der Waals surface area contributed by atoms with Crippen LogP contribution in [0.3, 0.4) is 0 Å². The molecule has 112 valence electrons. The van der Waals surface area contributed by atoms with Crippen LogP contribution in [0.15, 0.2) is 47.1 Å². The maximum Gasteiger partial charge on any atom is 0.306 e. The largest absolute Gasteiger partial charge is 0.490 e. The van der Waals surface area contributed by atoms with Crippen molar-refractivity contribution < 1.29 is 18.7 Å². The minimum atomic E-state index is -0.239. The first-order valence-corrected chi connectivity index (χ1v) is 7.17. The van der Waals surface area contributed by atoms with Gasteiger partial charge in [-0.15, -0.1) is 0 Å². The Morgan fingerprint density at radius 1 is 1.19 bits per heavy atom. The molecule has 21 heavy (non-hydrogen) atoms. The Morgan fingerprint density at radius 3 is 2.86 bits per heavy atom. The number of carbonyl (C=O) groups is 1. The monoisotopic (exact) mass is 288 g/mol. The fourth-order valence-corrected chi connectivity index (χ4v) is 1.92. The Bertz CT molecular complexity index is 546. The molecule has 1 aromatic heterocycles. The Balaban J connectivity index is 1.61. The highest BCUT2D eigenvalue weighted by Crippen LogP contribution is 2.13. The molecule has 4 heteroatoms. The second-order valence-electron chi connectivity index (χ2n) is 4.65. The molecule has 0 aliphatic heterocycles. The van der Waals surface area contributed by atoms with Gasteiger partial charge in [-0.1, -0.05) is 19.1 Å². The first-order chi connectivity index (χ1) is 10.3. The number of ether oxygens (including phenoxy) is 2. The van der Waals surface area contributed by atoms with Crippen molar-refractivity contribution in [2.45, 2.75) is 26.2 Å². The molecule has 2 aromatic rings. The number of esters is 1. The topological polar surface area (TPSA) is 48.7 Å².